The Hall–Kier alpha value is -5.02. The predicted molar refractivity (Wildman–Crippen MR) is 210 cm³/mol. The maximum Gasteiger partial charge on any atom is 0.145 e. The van der Waals surface area contributed by atoms with Crippen LogP contribution in [-0.2, 0) is 5.41 Å². The molecule has 0 radical (unpaired) electrons. The molecular formula is C46H42BNO. The van der Waals surface area contributed by atoms with Gasteiger partial charge in [0.2, 0.25) is 0 Å². The second-order valence-electron chi connectivity index (χ2n) is 15.0. The van der Waals surface area contributed by atoms with Crippen LogP contribution in [0, 0.1) is 27.7 Å². The SMILES string of the molecule is Bc1c2c3c4c(c1O)c1c(C)c(C)c(C)c(C)c1n4-c1cccc4c1C3(/C(C)=C(C)\C(C)=C/C2=C)c1cccc(C(C)c2ccccc2)c1-4. The molecule has 1 aromatic heterocycles. The van der Waals surface area contributed by atoms with Gasteiger partial charge in [0.15, 0.2) is 0 Å². The third kappa shape index (κ3) is 3.34. The number of aromatic nitrogens is 1. The molecular weight excluding hydrogens is 593 g/mol. The van der Waals surface area contributed by atoms with Gasteiger partial charge in [-0.25, -0.2) is 0 Å². The number of allylic oxidation sites excluding steroid dienone is 5. The Labute approximate surface area is 290 Å². The van der Waals surface area contributed by atoms with Gasteiger partial charge in [-0.3, -0.25) is 0 Å². The topological polar surface area (TPSA) is 25.2 Å². The van der Waals surface area contributed by atoms with Gasteiger partial charge < -0.3 is 9.67 Å². The molecule has 3 aliphatic rings. The number of fused-ring (bicyclic) bond motifs is 6. The van der Waals surface area contributed by atoms with Gasteiger partial charge in [0.1, 0.15) is 13.6 Å². The molecule has 0 bridgehead atoms. The summed E-state index contributed by atoms with van der Waals surface area (Å²) in [5, 5.41) is 14.6. The normalized spacial score (nSPS) is 20.6. The first-order valence-corrected chi connectivity index (χ1v) is 17.6. The Morgan fingerprint density at radius 3 is 2.16 bits per heavy atom. The number of phenolic OH excluding ortho intramolecular Hbond substituents is 1. The Morgan fingerprint density at radius 2 is 1.43 bits per heavy atom. The largest absolute Gasteiger partial charge is 0.508 e. The highest BCUT2D eigenvalue weighted by Crippen LogP contribution is 2.66. The summed E-state index contributed by atoms with van der Waals surface area (Å²) in [4.78, 5) is 0. The van der Waals surface area contributed by atoms with Gasteiger partial charge in [-0.1, -0.05) is 85.8 Å². The second-order valence-corrected chi connectivity index (χ2v) is 15.0. The molecule has 2 aliphatic carbocycles. The van der Waals surface area contributed by atoms with Crippen molar-refractivity contribution in [3.63, 3.8) is 0 Å². The van der Waals surface area contributed by atoms with Crippen LogP contribution >= 0.6 is 0 Å². The van der Waals surface area contributed by atoms with Crippen molar-refractivity contribution in [2.45, 2.75) is 66.7 Å². The summed E-state index contributed by atoms with van der Waals surface area (Å²) < 4.78 is 2.52. The van der Waals surface area contributed by atoms with Gasteiger partial charge in [0.05, 0.1) is 22.1 Å². The molecule has 0 fully saturated rings. The molecule has 1 N–H and O–H groups in total. The molecule has 1 spiro atoms. The van der Waals surface area contributed by atoms with E-state index in [-0.39, 0.29) is 5.92 Å². The first-order chi connectivity index (χ1) is 23.4. The van der Waals surface area contributed by atoms with E-state index < -0.39 is 5.41 Å². The lowest BCUT2D eigenvalue weighted by molar-refractivity contribution is 0.485. The number of aryl methyl sites for hydroxylation is 2. The highest BCUT2D eigenvalue weighted by molar-refractivity contribution is 6.40. The van der Waals surface area contributed by atoms with Crippen molar-refractivity contribution in [3.8, 4) is 22.6 Å². The van der Waals surface area contributed by atoms with E-state index in [1.54, 1.807) is 0 Å². The zero-order valence-corrected chi connectivity index (χ0v) is 30.1. The fraction of sp³-hybridized carbons (Fsp3) is 0.217. The molecule has 0 saturated carbocycles. The highest BCUT2D eigenvalue weighted by Gasteiger charge is 2.55. The molecule has 2 unspecified atom stereocenters. The fourth-order valence-corrected chi connectivity index (χ4v) is 10.1. The van der Waals surface area contributed by atoms with Gasteiger partial charge in [-0.2, -0.15) is 0 Å². The van der Waals surface area contributed by atoms with Crippen LogP contribution in [0.4, 0.5) is 0 Å². The number of rotatable bonds is 2. The van der Waals surface area contributed by atoms with Gasteiger partial charge in [-0.05, 0) is 132 Å². The number of hydrogen-bond acceptors (Lipinski definition) is 1. The number of phenols is 1. The van der Waals surface area contributed by atoms with Crippen molar-refractivity contribution in [3.05, 3.63) is 152 Å². The predicted octanol–water partition coefficient (Wildman–Crippen LogP) is 10.1. The minimum absolute atomic E-state index is 0.204. The van der Waals surface area contributed by atoms with Gasteiger partial charge >= 0.3 is 0 Å². The Kier molecular flexibility index (Phi) is 6.01. The average molecular weight is 636 g/mol. The minimum Gasteiger partial charge on any atom is -0.508 e. The summed E-state index contributed by atoms with van der Waals surface area (Å²) in [6, 6.07) is 24.9. The molecule has 240 valence electrons. The van der Waals surface area contributed by atoms with Crippen LogP contribution < -0.4 is 5.46 Å². The average Bonchev–Trinajstić information content (AvgIpc) is 3.63. The highest BCUT2D eigenvalue weighted by atomic mass is 16.3. The molecule has 2 nitrogen and oxygen atoms in total. The van der Waals surface area contributed by atoms with Crippen LogP contribution in [0.25, 0.3) is 44.2 Å². The van der Waals surface area contributed by atoms with Crippen LogP contribution in [0.2, 0.25) is 0 Å². The minimum atomic E-state index is -0.571. The van der Waals surface area contributed by atoms with Crippen molar-refractivity contribution < 1.29 is 5.11 Å². The smallest absolute Gasteiger partial charge is 0.145 e. The molecule has 2 atom stereocenters. The van der Waals surface area contributed by atoms with Crippen molar-refractivity contribution in [2.75, 3.05) is 0 Å². The van der Waals surface area contributed by atoms with Crippen LogP contribution in [0.15, 0.2) is 96.1 Å². The number of hydrogen-bond donors (Lipinski definition) is 1. The van der Waals surface area contributed by atoms with Gasteiger partial charge in [-0.15, -0.1) is 0 Å². The van der Waals surface area contributed by atoms with Crippen LogP contribution in [-0.4, -0.2) is 17.5 Å². The lowest BCUT2D eigenvalue weighted by atomic mass is 9.60. The first kappa shape index (κ1) is 30.1. The second kappa shape index (κ2) is 9.79. The van der Waals surface area contributed by atoms with Crippen LogP contribution in [0.3, 0.4) is 0 Å². The Balaban J connectivity index is 1.61. The number of aromatic hydroxyl groups is 1. The molecule has 6 aromatic rings. The number of nitrogens with zero attached hydrogens (tertiary/aromatic N) is 1. The lowest BCUT2D eigenvalue weighted by Gasteiger charge is -2.43. The van der Waals surface area contributed by atoms with E-state index in [2.05, 4.69) is 141 Å². The zero-order chi connectivity index (χ0) is 34.4. The van der Waals surface area contributed by atoms with Crippen LogP contribution in [0.5, 0.6) is 5.75 Å². The van der Waals surface area contributed by atoms with E-state index in [9.17, 15) is 5.11 Å². The molecule has 1 aliphatic heterocycles. The lowest BCUT2D eigenvalue weighted by Crippen LogP contribution is -2.37. The Bertz CT molecular complexity index is 2610. The summed E-state index contributed by atoms with van der Waals surface area (Å²) >= 11 is 0. The molecule has 0 saturated heterocycles. The molecule has 49 heavy (non-hydrogen) atoms. The summed E-state index contributed by atoms with van der Waals surface area (Å²) in [5.41, 5.74) is 24.1. The van der Waals surface area contributed by atoms with E-state index >= 15 is 0 Å². The first-order valence-electron chi connectivity index (χ1n) is 17.6. The zero-order valence-electron chi connectivity index (χ0n) is 30.1. The maximum absolute atomic E-state index is 12.4. The van der Waals surface area contributed by atoms with E-state index in [4.69, 9.17) is 6.58 Å². The third-order valence-electron chi connectivity index (χ3n) is 13.0. The quantitative estimate of drug-likeness (QED) is 0.188. The molecule has 5 aromatic carbocycles. The van der Waals surface area contributed by atoms with E-state index in [0.717, 1.165) is 32.9 Å². The summed E-state index contributed by atoms with van der Waals surface area (Å²) in [6.07, 6.45) is 2.23. The van der Waals surface area contributed by atoms with E-state index in [1.165, 1.54) is 89.1 Å². The van der Waals surface area contributed by atoms with Crippen molar-refractivity contribution in [2.24, 2.45) is 0 Å². The van der Waals surface area contributed by atoms with Crippen molar-refractivity contribution in [1.29, 1.82) is 0 Å². The monoisotopic (exact) mass is 635 g/mol. The molecule has 2 heterocycles. The molecule has 9 rings (SSSR count). The summed E-state index contributed by atoms with van der Waals surface area (Å²) in [5.74, 6) is 0.573. The van der Waals surface area contributed by atoms with Crippen LogP contribution in [0.1, 0.15) is 89.2 Å². The molecule has 3 heteroatoms. The standard InChI is InChI=1S/C46H42BNO/c1-22-21-23(2)36-41-44-39(45(49)42(36)47)37-27(6)25(4)26(5)28(7)43(37)48(44)35-20-14-18-33-38-32(29(8)31-15-11-10-12-16-31)17-13-19-34(38)46(41,40(33)35)30(9)24(22)3/h10-21,29,49H,2,47H2,1,3-9H3/b22-21-,30-24-. The van der Waals surface area contributed by atoms with Gasteiger partial charge in [0.25, 0.3) is 0 Å². The fourth-order valence-electron chi connectivity index (χ4n) is 10.1. The molecule has 0 amide bonds. The maximum atomic E-state index is 12.4. The van der Waals surface area contributed by atoms with E-state index in [0.29, 0.717) is 5.75 Å². The number of benzene rings is 5. The van der Waals surface area contributed by atoms with E-state index in [1.807, 2.05) is 0 Å². The Morgan fingerprint density at radius 1 is 0.735 bits per heavy atom. The summed E-state index contributed by atoms with van der Waals surface area (Å²) in [6.45, 7) is 22.9. The van der Waals surface area contributed by atoms with Gasteiger partial charge in [0, 0.05) is 27.8 Å². The summed E-state index contributed by atoms with van der Waals surface area (Å²) in [7, 11) is 2.10. The third-order valence-corrected chi connectivity index (χ3v) is 13.0. The van der Waals surface area contributed by atoms with Crippen molar-refractivity contribution in [1.82, 2.24) is 4.57 Å². The van der Waals surface area contributed by atoms with Crippen molar-refractivity contribution >= 4 is 40.7 Å².